The Balaban J connectivity index is 4.56. The van der Waals surface area contributed by atoms with Crippen molar-refractivity contribution in [1.29, 1.82) is 0 Å². The molecule has 2 heteroatoms. The summed E-state index contributed by atoms with van der Waals surface area (Å²) in [5.74, 6) is 0. The summed E-state index contributed by atoms with van der Waals surface area (Å²) in [5.41, 5.74) is 3.27. The van der Waals surface area contributed by atoms with Crippen molar-refractivity contribution in [2.45, 2.75) is 27.2 Å². The van der Waals surface area contributed by atoms with Crippen LogP contribution in [0.1, 0.15) is 27.2 Å². The minimum Gasteiger partial charge on any atom is -0.388 e. The normalized spacial score (nSPS) is 14.6. The van der Waals surface area contributed by atoms with Crippen LogP contribution < -0.4 is 5.32 Å². The summed E-state index contributed by atoms with van der Waals surface area (Å²) in [6.07, 6.45) is 6.85. The van der Waals surface area contributed by atoms with Gasteiger partial charge in [-0.25, -0.2) is 0 Å². The fourth-order valence-electron chi connectivity index (χ4n) is 0.905. The van der Waals surface area contributed by atoms with Crippen molar-refractivity contribution in [1.82, 2.24) is 5.32 Å². The molecule has 0 aromatic carbocycles. The SMILES string of the molecule is [B]C(/C=C\C(NC)=C(/C)CC)=C/C. The highest BCUT2D eigenvalue weighted by Gasteiger charge is 1.92. The van der Waals surface area contributed by atoms with Crippen LogP contribution in [-0.2, 0) is 0 Å². The van der Waals surface area contributed by atoms with E-state index in [0.29, 0.717) is 0 Å². The van der Waals surface area contributed by atoms with Gasteiger partial charge in [-0.15, -0.1) is 5.47 Å². The molecule has 0 bridgehead atoms. The summed E-state index contributed by atoms with van der Waals surface area (Å²) in [6, 6.07) is 0. The molecule has 1 nitrogen and oxygen atoms in total. The van der Waals surface area contributed by atoms with Crippen LogP contribution in [0.2, 0.25) is 0 Å². The molecule has 70 valence electrons. The molecule has 0 aliphatic rings. The molecule has 0 unspecified atom stereocenters. The maximum absolute atomic E-state index is 5.64. The zero-order valence-corrected chi connectivity index (χ0v) is 9.02. The van der Waals surface area contributed by atoms with Crippen molar-refractivity contribution < 1.29 is 0 Å². The molecular formula is C11H18BN. The molecule has 0 spiro atoms. The van der Waals surface area contributed by atoms with E-state index in [1.807, 2.05) is 32.2 Å². The Kier molecular flexibility index (Phi) is 6.12. The van der Waals surface area contributed by atoms with Crippen molar-refractivity contribution in [3.63, 3.8) is 0 Å². The first-order valence-corrected chi connectivity index (χ1v) is 4.63. The van der Waals surface area contributed by atoms with E-state index in [1.165, 1.54) is 5.57 Å². The summed E-state index contributed by atoms with van der Waals surface area (Å²) in [5, 5.41) is 3.14. The van der Waals surface area contributed by atoms with E-state index in [2.05, 4.69) is 19.2 Å². The molecule has 1 N–H and O–H groups in total. The van der Waals surface area contributed by atoms with Crippen molar-refractivity contribution in [2.75, 3.05) is 7.05 Å². The molecule has 0 heterocycles. The molecule has 0 rings (SSSR count). The predicted octanol–water partition coefficient (Wildman–Crippen LogP) is 2.52. The number of allylic oxidation sites excluding steroid dienone is 5. The molecule has 2 radical (unpaired) electrons. The third-order valence-electron chi connectivity index (χ3n) is 2.04. The molecule has 0 atom stereocenters. The lowest BCUT2D eigenvalue weighted by atomic mass is 9.95. The highest BCUT2D eigenvalue weighted by Crippen LogP contribution is 2.06. The second-order valence-corrected chi connectivity index (χ2v) is 2.92. The minimum atomic E-state index is 0.789. The lowest BCUT2D eigenvalue weighted by molar-refractivity contribution is 0.955. The highest BCUT2D eigenvalue weighted by atomic mass is 14.8. The second kappa shape index (κ2) is 6.58. The molecule has 0 aliphatic carbocycles. The summed E-state index contributed by atoms with van der Waals surface area (Å²) in [4.78, 5) is 0. The third-order valence-corrected chi connectivity index (χ3v) is 2.04. The van der Waals surface area contributed by atoms with Gasteiger partial charge >= 0.3 is 0 Å². The molecule has 0 saturated heterocycles. The zero-order chi connectivity index (χ0) is 10.3. The first-order valence-electron chi connectivity index (χ1n) is 4.63. The summed E-state index contributed by atoms with van der Waals surface area (Å²) >= 11 is 0. The second-order valence-electron chi connectivity index (χ2n) is 2.92. The Morgan fingerprint density at radius 1 is 1.38 bits per heavy atom. The lowest BCUT2D eigenvalue weighted by Crippen LogP contribution is -2.05. The molecule has 0 amide bonds. The zero-order valence-electron chi connectivity index (χ0n) is 9.02. The first-order chi connectivity index (χ1) is 6.15. The predicted molar refractivity (Wildman–Crippen MR) is 60.7 cm³/mol. The van der Waals surface area contributed by atoms with Crippen LogP contribution in [0.3, 0.4) is 0 Å². The van der Waals surface area contributed by atoms with Crippen LogP contribution in [0.25, 0.3) is 0 Å². The van der Waals surface area contributed by atoms with Gasteiger partial charge in [0.15, 0.2) is 0 Å². The van der Waals surface area contributed by atoms with Gasteiger partial charge in [0.1, 0.15) is 7.85 Å². The number of nitrogens with one attached hydrogen (secondary N) is 1. The monoisotopic (exact) mass is 175 g/mol. The Labute approximate surface area is 83.0 Å². The third kappa shape index (κ3) is 4.61. The van der Waals surface area contributed by atoms with Gasteiger partial charge in [-0.3, -0.25) is 0 Å². The van der Waals surface area contributed by atoms with E-state index in [9.17, 15) is 0 Å². The minimum absolute atomic E-state index is 0.789. The van der Waals surface area contributed by atoms with Gasteiger partial charge in [-0.2, -0.15) is 0 Å². The van der Waals surface area contributed by atoms with Crippen molar-refractivity contribution in [3.05, 3.63) is 35.0 Å². The quantitative estimate of drug-likeness (QED) is 0.511. The fourth-order valence-corrected chi connectivity index (χ4v) is 0.905. The first kappa shape index (κ1) is 12.1. The maximum atomic E-state index is 5.64. The van der Waals surface area contributed by atoms with E-state index in [0.717, 1.165) is 17.6 Å². The Bertz CT molecular complexity index is 236. The average molecular weight is 175 g/mol. The van der Waals surface area contributed by atoms with Crippen LogP contribution in [0.5, 0.6) is 0 Å². The Morgan fingerprint density at radius 2 is 2.00 bits per heavy atom. The summed E-state index contributed by atoms with van der Waals surface area (Å²) in [6.45, 7) is 6.18. The van der Waals surface area contributed by atoms with Crippen LogP contribution in [0.4, 0.5) is 0 Å². The van der Waals surface area contributed by atoms with Gasteiger partial charge < -0.3 is 5.32 Å². The smallest absolute Gasteiger partial charge is 0.113 e. The topological polar surface area (TPSA) is 12.0 Å². The highest BCUT2D eigenvalue weighted by molar-refractivity contribution is 6.23. The van der Waals surface area contributed by atoms with E-state index in [4.69, 9.17) is 7.85 Å². The molecule has 0 aromatic rings. The van der Waals surface area contributed by atoms with Gasteiger partial charge in [0.05, 0.1) is 0 Å². The van der Waals surface area contributed by atoms with Crippen LogP contribution in [0.15, 0.2) is 35.0 Å². The summed E-state index contributed by atoms with van der Waals surface area (Å²) < 4.78 is 0. The Morgan fingerprint density at radius 3 is 2.38 bits per heavy atom. The summed E-state index contributed by atoms with van der Waals surface area (Å²) in [7, 11) is 7.56. The van der Waals surface area contributed by atoms with Gasteiger partial charge in [0, 0.05) is 12.7 Å². The molecule has 0 aromatic heterocycles. The van der Waals surface area contributed by atoms with E-state index < -0.39 is 0 Å². The Hall–Kier alpha value is -0.915. The number of rotatable bonds is 4. The maximum Gasteiger partial charge on any atom is 0.113 e. The van der Waals surface area contributed by atoms with Crippen LogP contribution >= 0.6 is 0 Å². The number of likely N-dealkylation sites (N-methyl/N-ethyl adjacent to an activating group) is 1. The molecular weight excluding hydrogens is 157 g/mol. The van der Waals surface area contributed by atoms with Gasteiger partial charge in [0.2, 0.25) is 0 Å². The largest absolute Gasteiger partial charge is 0.388 e. The van der Waals surface area contributed by atoms with E-state index in [-0.39, 0.29) is 0 Å². The molecule has 13 heavy (non-hydrogen) atoms. The van der Waals surface area contributed by atoms with Crippen LogP contribution in [0, 0.1) is 0 Å². The van der Waals surface area contributed by atoms with Crippen molar-refractivity contribution >= 4 is 7.85 Å². The number of hydrogen-bond acceptors (Lipinski definition) is 1. The number of hydrogen-bond donors (Lipinski definition) is 1. The van der Waals surface area contributed by atoms with Gasteiger partial charge in [-0.05, 0) is 26.3 Å². The van der Waals surface area contributed by atoms with Crippen LogP contribution in [-0.4, -0.2) is 14.9 Å². The molecule has 0 saturated carbocycles. The van der Waals surface area contributed by atoms with Crippen molar-refractivity contribution in [2.24, 2.45) is 0 Å². The fraction of sp³-hybridized carbons (Fsp3) is 0.455. The molecule has 0 fully saturated rings. The standard InChI is InChI=1S/C11H18BN/c1-5-9(3)11(13-4)8-7-10(12)6-2/h6-8,13H,5H2,1-4H3/b8-7-,10-6+,11-9-. The lowest BCUT2D eigenvalue weighted by Gasteiger charge is -2.05. The van der Waals surface area contributed by atoms with Gasteiger partial charge in [0.25, 0.3) is 0 Å². The average Bonchev–Trinajstić information content (AvgIpc) is 2.17. The van der Waals surface area contributed by atoms with Gasteiger partial charge in [-0.1, -0.05) is 24.6 Å². The van der Waals surface area contributed by atoms with E-state index >= 15 is 0 Å². The van der Waals surface area contributed by atoms with Crippen molar-refractivity contribution in [3.8, 4) is 0 Å². The molecule has 0 aliphatic heterocycles. The van der Waals surface area contributed by atoms with E-state index in [1.54, 1.807) is 0 Å².